The van der Waals surface area contributed by atoms with E-state index in [0.29, 0.717) is 17.4 Å². The van der Waals surface area contributed by atoms with Crippen molar-refractivity contribution in [2.75, 3.05) is 6.54 Å². The van der Waals surface area contributed by atoms with Crippen LogP contribution in [0.3, 0.4) is 0 Å². The molecule has 4 nitrogen and oxygen atoms in total. The van der Waals surface area contributed by atoms with Crippen LogP contribution in [0.25, 0.3) is 5.69 Å². The van der Waals surface area contributed by atoms with Gasteiger partial charge >= 0.3 is 0 Å². The van der Waals surface area contributed by atoms with Crippen LogP contribution in [-0.4, -0.2) is 22.2 Å². The Balaban J connectivity index is 1.56. The molecule has 0 fully saturated rings. The van der Waals surface area contributed by atoms with Crippen molar-refractivity contribution in [2.24, 2.45) is 0 Å². The molecular weight excluding hydrogens is 373 g/mol. The number of benzene rings is 2. The van der Waals surface area contributed by atoms with E-state index in [0.717, 1.165) is 11.3 Å². The van der Waals surface area contributed by atoms with Crippen molar-refractivity contribution >= 4 is 21.8 Å². The maximum absolute atomic E-state index is 13.7. The van der Waals surface area contributed by atoms with E-state index in [1.54, 1.807) is 16.9 Å². The molecule has 3 rings (SSSR count). The number of halogens is 2. The second-order valence-electron chi connectivity index (χ2n) is 5.25. The quantitative estimate of drug-likeness (QED) is 0.724. The van der Waals surface area contributed by atoms with E-state index in [-0.39, 0.29) is 5.56 Å². The van der Waals surface area contributed by atoms with Crippen molar-refractivity contribution in [1.82, 2.24) is 15.1 Å². The highest BCUT2D eigenvalue weighted by Gasteiger charge is 2.11. The van der Waals surface area contributed by atoms with Crippen LogP contribution in [-0.2, 0) is 6.42 Å². The highest BCUT2D eigenvalue weighted by Crippen LogP contribution is 2.15. The highest BCUT2D eigenvalue weighted by molar-refractivity contribution is 9.10. The summed E-state index contributed by atoms with van der Waals surface area (Å²) in [6, 6.07) is 14.1. The van der Waals surface area contributed by atoms with Gasteiger partial charge in [0.25, 0.3) is 5.91 Å². The molecule has 2 aromatic carbocycles. The Morgan fingerprint density at radius 2 is 2.00 bits per heavy atom. The fraction of sp³-hybridized carbons (Fsp3) is 0.111. The summed E-state index contributed by atoms with van der Waals surface area (Å²) in [4.78, 5) is 12.0. The van der Waals surface area contributed by atoms with E-state index in [4.69, 9.17) is 0 Å². The topological polar surface area (TPSA) is 46.9 Å². The first-order valence-corrected chi connectivity index (χ1v) is 8.25. The number of rotatable bonds is 5. The normalized spacial score (nSPS) is 10.6. The maximum atomic E-state index is 13.7. The molecule has 122 valence electrons. The zero-order valence-electron chi connectivity index (χ0n) is 12.7. The summed E-state index contributed by atoms with van der Waals surface area (Å²) in [7, 11) is 0. The van der Waals surface area contributed by atoms with Gasteiger partial charge in [-0.25, -0.2) is 9.07 Å². The molecule has 1 heterocycles. The van der Waals surface area contributed by atoms with Crippen molar-refractivity contribution in [1.29, 1.82) is 0 Å². The van der Waals surface area contributed by atoms with Crippen molar-refractivity contribution in [3.63, 3.8) is 0 Å². The molecule has 0 aliphatic carbocycles. The largest absolute Gasteiger partial charge is 0.352 e. The third kappa shape index (κ3) is 3.89. The first kappa shape index (κ1) is 16.4. The third-order valence-corrected chi connectivity index (χ3v) is 4.07. The molecule has 0 atom stereocenters. The van der Waals surface area contributed by atoms with Gasteiger partial charge in [-0.05, 0) is 48.4 Å². The van der Waals surface area contributed by atoms with Crippen LogP contribution < -0.4 is 5.32 Å². The molecule has 0 aliphatic rings. The van der Waals surface area contributed by atoms with Crippen LogP contribution in [0.4, 0.5) is 4.39 Å². The molecule has 0 radical (unpaired) electrons. The predicted molar refractivity (Wildman–Crippen MR) is 93.7 cm³/mol. The van der Waals surface area contributed by atoms with Gasteiger partial charge in [0, 0.05) is 23.4 Å². The van der Waals surface area contributed by atoms with Crippen molar-refractivity contribution in [2.45, 2.75) is 6.42 Å². The monoisotopic (exact) mass is 387 g/mol. The summed E-state index contributed by atoms with van der Waals surface area (Å²) in [6.45, 7) is 0.436. The summed E-state index contributed by atoms with van der Waals surface area (Å²) >= 11 is 3.24. The van der Waals surface area contributed by atoms with Crippen molar-refractivity contribution < 1.29 is 9.18 Å². The first-order valence-electron chi connectivity index (χ1n) is 7.46. The first-order chi connectivity index (χ1) is 11.6. The van der Waals surface area contributed by atoms with Crippen LogP contribution in [0.5, 0.6) is 0 Å². The molecule has 0 aliphatic heterocycles. The van der Waals surface area contributed by atoms with E-state index >= 15 is 0 Å². The lowest BCUT2D eigenvalue weighted by atomic mass is 10.1. The number of hydrogen-bond acceptors (Lipinski definition) is 2. The van der Waals surface area contributed by atoms with E-state index < -0.39 is 11.7 Å². The molecule has 0 unspecified atom stereocenters. The molecule has 1 N–H and O–H groups in total. The summed E-state index contributed by atoms with van der Waals surface area (Å²) < 4.78 is 16.1. The minimum atomic E-state index is -0.528. The Morgan fingerprint density at radius 1 is 1.21 bits per heavy atom. The van der Waals surface area contributed by atoms with Crippen LogP contribution in [0.2, 0.25) is 0 Å². The Labute approximate surface area is 147 Å². The lowest BCUT2D eigenvalue weighted by Crippen LogP contribution is -2.26. The van der Waals surface area contributed by atoms with E-state index in [1.807, 2.05) is 36.5 Å². The van der Waals surface area contributed by atoms with E-state index in [9.17, 15) is 9.18 Å². The molecule has 1 aromatic heterocycles. The van der Waals surface area contributed by atoms with Crippen LogP contribution in [0, 0.1) is 5.82 Å². The number of amides is 1. The SMILES string of the molecule is O=C(NCCc1ccc(-n2cccn2)cc1)c1cc(Br)ccc1F. The second-order valence-corrected chi connectivity index (χ2v) is 6.16. The summed E-state index contributed by atoms with van der Waals surface area (Å²) in [5, 5.41) is 6.91. The van der Waals surface area contributed by atoms with Gasteiger partial charge in [-0.1, -0.05) is 28.1 Å². The number of hydrogen-bond donors (Lipinski definition) is 1. The molecule has 24 heavy (non-hydrogen) atoms. The number of nitrogens with one attached hydrogen (secondary N) is 1. The molecule has 0 saturated carbocycles. The van der Waals surface area contributed by atoms with Crippen LogP contribution in [0.1, 0.15) is 15.9 Å². The molecular formula is C18H15BrFN3O. The van der Waals surface area contributed by atoms with Crippen molar-refractivity contribution in [3.05, 3.63) is 82.3 Å². The highest BCUT2D eigenvalue weighted by atomic mass is 79.9. The lowest BCUT2D eigenvalue weighted by molar-refractivity contribution is 0.0950. The Kier molecular flexibility index (Phi) is 5.05. The van der Waals surface area contributed by atoms with Crippen LogP contribution >= 0.6 is 15.9 Å². The smallest absolute Gasteiger partial charge is 0.254 e. The fourth-order valence-electron chi connectivity index (χ4n) is 2.32. The third-order valence-electron chi connectivity index (χ3n) is 3.58. The maximum Gasteiger partial charge on any atom is 0.254 e. The lowest BCUT2D eigenvalue weighted by Gasteiger charge is -2.08. The zero-order valence-corrected chi connectivity index (χ0v) is 14.3. The predicted octanol–water partition coefficient (Wildman–Crippen LogP) is 3.75. The van der Waals surface area contributed by atoms with E-state index in [1.165, 1.54) is 12.1 Å². The van der Waals surface area contributed by atoms with Gasteiger partial charge < -0.3 is 5.32 Å². The molecule has 0 saturated heterocycles. The van der Waals surface area contributed by atoms with Crippen LogP contribution in [0.15, 0.2) is 65.4 Å². The van der Waals surface area contributed by atoms with Gasteiger partial charge in [-0.2, -0.15) is 5.10 Å². The van der Waals surface area contributed by atoms with Gasteiger partial charge in [0.15, 0.2) is 0 Å². The van der Waals surface area contributed by atoms with Crippen molar-refractivity contribution in [3.8, 4) is 5.69 Å². The average Bonchev–Trinajstić information content (AvgIpc) is 3.12. The summed E-state index contributed by atoms with van der Waals surface area (Å²) in [5.41, 5.74) is 2.10. The molecule has 6 heteroatoms. The zero-order chi connectivity index (χ0) is 16.9. The summed E-state index contributed by atoms with van der Waals surface area (Å²) in [6.07, 6.45) is 4.27. The molecule has 3 aromatic rings. The van der Waals surface area contributed by atoms with Gasteiger partial charge in [-0.3, -0.25) is 4.79 Å². The molecule has 0 bridgehead atoms. The Morgan fingerprint density at radius 3 is 2.71 bits per heavy atom. The van der Waals surface area contributed by atoms with Gasteiger partial charge in [0.1, 0.15) is 5.82 Å². The summed E-state index contributed by atoms with van der Waals surface area (Å²) in [5.74, 6) is -0.943. The number of nitrogens with zero attached hydrogens (tertiary/aromatic N) is 2. The average molecular weight is 388 g/mol. The fourth-order valence-corrected chi connectivity index (χ4v) is 2.69. The molecule has 0 spiro atoms. The van der Waals surface area contributed by atoms with E-state index in [2.05, 4.69) is 26.3 Å². The standard InChI is InChI=1S/C18H15BrFN3O/c19-14-4-7-17(20)16(12-14)18(24)21-10-8-13-2-5-15(6-3-13)23-11-1-9-22-23/h1-7,9,11-12H,8,10H2,(H,21,24). The Bertz CT molecular complexity index is 832. The van der Waals surface area contributed by atoms with Gasteiger partial charge in [0.05, 0.1) is 11.3 Å². The number of carbonyl (C=O) groups excluding carboxylic acids is 1. The Hall–Kier alpha value is -2.47. The second kappa shape index (κ2) is 7.40. The minimum Gasteiger partial charge on any atom is -0.352 e. The minimum absolute atomic E-state index is 0.0402. The number of carbonyl (C=O) groups is 1. The number of aromatic nitrogens is 2. The van der Waals surface area contributed by atoms with Gasteiger partial charge in [-0.15, -0.1) is 0 Å². The molecule has 1 amide bonds. The van der Waals surface area contributed by atoms with Gasteiger partial charge in [0.2, 0.25) is 0 Å².